The number of hydrogen-bond donors (Lipinski definition) is 0. The molecule has 0 aliphatic heterocycles. The molecule has 0 amide bonds. The molecule has 0 saturated carbocycles. The van der Waals surface area contributed by atoms with Crippen molar-refractivity contribution in [3.05, 3.63) is 35.9 Å². The second kappa shape index (κ2) is 6.05. The summed E-state index contributed by atoms with van der Waals surface area (Å²) in [6, 6.07) is 10.3. The van der Waals surface area contributed by atoms with Gasteiger partial charge in [0.2, 0.25) is 0 Å². The van der Waals surface area contributed by atoms with Gasteiger partial charge in [-0.3, -0.25) is 0 Å². The summed E-state index contributed by atoms with van der Waals surface area (Å²) in [5, 5.41) is 0. The largest absolute Gasteiger partial charge is 0.370 e. The van der Waals surface area contributed by atoms with Gasteiger partial charge in [0, 0.05) is 0 Å². The first-order chi connectivity index (χ1) is 7.10. The number of benzene rings is 1. The Balaban J connectivity index is 0.000000288. The van der Waals surface area contributed by atoms with Gasteiger partial charge in [-0.2, -0.15) is 0 Å². The highest BCUT2D eigenvalue weighted by atomic mass is 16.5. The maximum atomic E-state index is 5.62. The van der Waals surface area contributed by atoms with Crippen molar-refractivity contribution in [3.63, 3.8) is 0 Å². The van der Waals surface area contributed by atoms with Crippen LogP contribution in [0.2, 0.25) is 0 Å². The van der Waals surface area contributed by atoms with E-state index in [0.29, 0.717) is 0 Å². The van der Waals surface area contributed by atoms with Crippen molar-refractivity contribution in [1.82, 2.24) is 0 Å². The first kappa shape index (κ1) is 15.2. The zero-order valence-corrected chi connectivity index (χ0v) is 11.8. The number of rotatable bonds is 0. The average Bonchev–Trinajstić information content (AvgIpc) is 1.99. The molecule has 0 aliphatic rings. The molecule has 0 heterocycles. The molecular weight excluding hydrogens is 196 g/mol. The van der Waals surface area contributed by atoms with Crippen LogP contribution in [0.1, 0.15) is 47.1 Å². The molecule has 0 unspecified atom stereocenters. The summed E-state index contributed by atoms with van der Waals surface area (Å²) < 4.78 is 5.62. The smallest absolute Gasteiger partial charge is 0.0605 e. The van der Waals surface area contributed by atoms with Crippen molar-refractivity contribution in [3.8, 4) is 0 Å². The van der Waals surface area contributed by atoms with Crippen LogP contribution in [0.3, 0.4) is 0 Å². The zero-order valence-electron chi connectivity index (χ0n) is 11.8. The maximum absolute atomic E-state index is 5.62. The molecule has 0 spiro atoms. The molecule has 0 aliphatic carbocycles. The van der Waals surface area contributed by atoms with E-state index in [1.54, 1.807) is 0 Å². The lowest BCUT2D eigenvalue weighted by molar-refractivity contribution is -0.102. The van der Waals surface area contributed by atoms with E-state index >= 15 is 0 Å². The first-order valence-electron chi connectivity index (χ1n) is 5.82. The van der Waals surface area contributed by atoms with Crippen LogP contribution in [0.15, 0.2) is 30.3 Å². The molecule has 0 radical (unpaired) electrons. The van der Waals surface area contributed by atoms with Crippen LogP contribution in [-0.2, 0) is 4.74 Å². The normalized spacial score (nSPS) is 11.7. The predicted molar refractivity (Wildman–Crippen MR) is 71.8 cm³/mol. The summed E-state index contributed by atoms with van der Waals surface area (Å²) in [5.74, 6) is 0. The highest BCUT2D eigenvalue weighted by molar-refractivity contribution is 5.11. The summed E-state index contributed by atoms with van der Waals surface area (Å²) in [4.78, 5) is 0. The highest BCUT2D eigenvalue weighted by Gasteiger charge is 2.19. The van der Waals surface area contributed by atoms with Gasteiger partial charge in [0.1, 0.15) is 0 Å². The Morgan fingerprint density at radius 1 is 0.750 bits per heavy atom. The molecule has 1 aromatic carbocycles. The minimum Gasteiger partial charge on any atom is -0.370 e. The van der Waals surface area contributed by atoms with Gasteiger partial charge in [-0.1, -0.05) is 35.9 Å². The molecule has 1 nitrogen and oxygen atoms in total. The van der Waals surface area contributed by atoms with Crippen molar-refractivity contribution in [2.24, 2.45) is 0 Å². The topological polar surface area (TPSA) is 9.23 Å². The quantitative estimate of drug-likeness (QED) is 0.623. The van der Waals surface area contributed by atoms with Crippen molar-refractivity contribution < 1.29 is 4.74 Å². The van der Waals surface area contributed by atoms with Gasteiger partial charge in [-0.25, -0.2) is 0 Å². The first-order valence-corrected chi connectivity index (χ1v) is 5.82. The van der Waals surface area contributed by atoms with Crippen LogP contribution in [0.4, 0.5) is 0 Å². The fourth-order valence-corrected chi connectivity index (χ4v) is 1.45. The van der Waals surface area contributed by atoms with Gasteiger partial charge >= 0.3 is 0 Å². The van der Waals surface area contributed by atoms with E-state index in [-0.39, 0.29) is 11.2 Å². The number of hydrogen-bond acceptors (Lipinski definition) is 1. The molecule has 0 N–H and O–H groups in total. The third-order valence-corrected chi connectivity index (χ3v) is 1.55. The van der Waals surface area contributed by atoms with E-state index in [9.17, 15) is 0 Å². The second-order valence-corrected chi connectivity index (χ2v) is 5.98. The molecule has 16 heavy (non-hydrogen) atoms. The lowest BCUT2D eigenvalue weighted by Gasteiger charge is -2.30. The van der Waals surface area contributed by atoms with Crippen molar-refractivity contribution in [2.45, 2.75) is 59.7 Å². The van der Waals surface area contributed by atoms with Crippen molar-refractivity contribution in [1.29, 1.82) is 0 Å². The lowest BCUT2D eigenvalue weighted by Crippen LogP contribution is -2.31. The highest BCUT2D eigenvalue weighted by Crippen LogP contribution is 2.17. The van der Waals surface area contributed by atoms with Crippen LogP contribution < -0.4 is 0 Å². The molecule has 1 rings (SSSR count). The molecular formula is C15H26O. The molecule has 0 saturated heterocycles. The van der Waals surface area contributed by atoms with E-state index in [1.165, 1.54) is 5.56 Å². The predicted octanol–water partition coefficient (Wildman–Crippen LogP) is 4.60. The van der Waals surface area contributed by atoms with Crippen LogP contribution >= 0.6 is 0 Å². The second-order valence-electron chi connectivity index (χ2n) is 5.98. The van der Waals surface area contributed by atoms with E-state index in [0.717, 1.165) is 0 Å². The molecule has 0 fully saturated rings. The lowest BCUT2D eigenvalue weighted by atomic mass is 10.1. The van der Waals surface area contributed by atoms with E-state index in [4.69, 9.17) is 4.74 Å². The third kappa shape index (κ3) is 11.3. The maximum Gasteiger partial charge on any atom is 0.0605 e. The molecule has 0 atom stereocenters. The van der Waals surface area contributed by atoms with Crippen molar-refractivity contribution >= 4 is 0 Å². The SMILES string of the molecule is CC(C)(C)OC(C)(C)C.Cc1ccccc1. The summed E-state index contributed by atoms with van der Waals surface area (Å²) >= 11 is 0. The van der Waals surface area contributed by atoms with Crippen LogP contribution in [0.25, 0.3) is 0 Å². The minimum atomic E-state index is -0.0156. The third-order valence-electron chi connectivity index (χ3n) is 1.55. The van der Waals surface area contributed by atoms with E-state index < -0.39 is 0 Å². The molecule has 1 aromatic rings. The van der Waals surface area contributed by atoms with E-state index in [2.05, 4.69) is 60.6 Å². The zero-order chi connectivity index (χ0) is 12.8. The van der Waals surface area contributed by atoms with E-state index in [1.807, 2.05) is 18.2 Å². The Labute approximate surface area is 101 Å². The van der Waals surface area contributed by atoms with Gasteiger partial charge < -0.3 is 4.74 Å². The summed E-state index contributed by atoms with van der Waals surface area (Å²) in [6.45, 7) is 14.5. The molecule has 0 bridgehead atoms. The number of ether oxygens (including phenoxy) is 1. The Kier molecular flexibility index (Phi) is 5.74. The molecule has 92 valence electrons. The van der Waals surface area contributed by atoms with Crippen LogP contribution in [0, 0.1) is 6.92 Å². The molecule has 1 heteroatoms. The summed E-state index contributed by atoms with van der Waals surface area (Å²) in [6.07, 6.45) is 0. The van der Waals surface area contributed by atoms with Gasteiger partial charge in [0.25, 0.3) is 0 Å². The summed E-state index contributed by atoms with van der Waals surface area (Å²) in [7, 11) is 0. The van der Waals surface area contributed by atoms with Crippen LogP contribution in [-0.4, -0.2) is 11.2 Å². The Bertz CT molecular complexity index is 263. The average molecular weight is 222 g/mol. The van der Waals surface area contributed by atoms with Crippen LogP contribution in [0.5, 0.6) is 0 Å². The van der Waals surface area contributed by atoms with Gasteiger partial charge in [0.15, 0.2) is 0 Å². The standard InChI is InChI=1S/C8H18O.C7H8/c1-7(2,3)9-8(4,5)6;1-7-5-3-2-4-6-7/h1-6H3;2-6H,1H3. The Hall–Kier alpha value is -0.820. The Morgan fingerprint density at radius 3 is 1.25 bits per heavy atom. The Morgan fingerprint density at radius 2 is 1.12 bits per heavy atom. The fraction of sp³-hybridized carbons (Fsp3) is 0.600. The fourth-order valence-electron chi connectivity index (χ4n) is 1.45. The molecule has 0 aromatic heterocycles. The minimum absolute atomic E-state index is 0.0156. The van der Waals surface area contributed by atoms with Gasteiger partial charge in [-0.05, 0) is 48.5 Å². The monoisotopic (exact) mass is 222 g/mol. The van der Waals surface area contributed by atoms with Gasteiger partial charge in [-0.15, -0.1) is 0 Å². The summed E-state index contributed by atoms with van der Waals surface area (Å²) in [5.41, 5.74) is 1.29. The van der Waals surface area contributed by atoms with Crippen molar-refractivity contribution in [2.75, 3.05) is 0 Å². The van der Waals surface area contributed by atoms with Gasteiger partial charge in [0.05, 0.1) is 11.2 Å². The number of aryl methyl sites for hydroxylation is 1.